The summed E-state index contributed by atoms with van der Waals surface area (Å²) in [6.45, 7) is 0.316. The zero-order valence-electron chi connectivity index (χ0n) is 13.6. The third-order valence-corrected chi connectivity index (χ3v) is 3.92. The molecule has 0 bridgehead atoms. The first kappa shape index (κ1) is 16.0. The summed E-state index contributed by atoms with van der Waals surface area (Å²) in [5, 5.41) is 2.81. The molecule has 1 amide bonds. The highest BCUT2D eigenvalue weighted by Gasteiger charge is 2.12. The molecule has 0 aliphatic rings. The van der Waals surface area contributed by atoms with E-state index < -0.39 is 0 Å². The Kier molecular flexibility index (Phi) is 4.15. The van der Waals surface area contributed by atoms with Gasteiger partial charge in [0.1, 0.15) is 11.3 Å². The lowest BCUT2D eigenvalue weighted by atomic mass is 10.1. The van der Waals surface area contributed by atoms with Crippen molar-refractivity contribution in [1.29, 1.82) is 0 Å². The van der Waals surface area contributed by atoms with Gasteiger partial charge in [-0.2, -0.15) is 0 Å². The van der Waals surface area contributed by atoms with Gasteiger partial charge in [-0.3, -0.25) is 9.78 Å². The van der Waals surface area contributed by atoms with E-state index >= 15 is 0 Å². The first-order valence-electron chi connectivity index (χ1n) is 8.03. The molecule has 0 fully saturated rings. The van der Waals surface area contributed by atoms with Crippen LogP contribution >= 0.6 is 0 Å². The number of amides is 1. The molecule has 0 spiro atoms. The smallest absolute Gasteiger partial charge is 0.251 e. The second-order valence-corrected chi connectivity index (χ2v) is 5.75. The number of pyridine rings is 1. The van der Waals surface area contributed by atoms with E-state index in [2.05, 4.69) is 15.3 Å². The Bertz CT molecular complexity index is 1060. The lowest BCUT2D eigenvalue weighted by molar-refractivity contribution is 0.0951. The van der Waals surface area contributed by atoms with E-state index in [1.165, 1.54) is 12.1 Å². The van der Waals surface area contributed by atoms with Crippen LogP contribution in [0, 0.1) is 5.82 Å². The normalized spacial score (nSPS) is 10.8. The van der Waals surface area contributed by atoms with Gasteiger partial charge in [0.2, 0.25) is 5.89 Å². The van der Waals surface area contributed by atoms with Crippen LogP contribution < -0.4 is 5.32 Å². The largest absolute Gasteiger partial charge is 0.436 e. The molecule has 4 rings (SSSR count). The Balaban J connectivity index is 1.53. The predicted octanol–water partition coefficient (Wildman–Crippen LogP) is 3.96. The number of fused-ring (bicyclic) bond motifs is 1. The van der Waals surface area contributed by atoms with Gasteiger partial charge in [-0.15, -0.1) is 0 Å². The van der Waals surface area contributed by atoms with Gasteiger partial charge in [-0.1, -0.05) is 12.1 Å². The van der Waals surface area contributed by atoms with Gasteiger partial charge in [0.15, 0.2) is 5.58 Å². The van der Waals surface area contributed by atoms with Crippen LogP contribution in [0.5, 0.6) is 0 Å². The average molecular weight is 347 g/mol. The zero-order chi connectivity index (χ0) is 17.9. The Morgan fingerprint density at radius 2 is 1.96 bits per heavy atom. The van der Waals surface area contributed by atoms with Gasteiger partial charge in [0.05, 0.1) is 5.56 Å². The Morgan fingerprint density at radius 3 is 2.73 bits per heavy atom. The molecule has 5 nitrogen and oxygen atoms in total. The van der Waals surface area contributed by atoms with Crippen molar-refractivity contribution in [3.63, 3.8) is 0 Å². The first-order valence-corrected chi connectivity index (χ1v) is 8.03. The fraction of sp³-hybridized carbons (Fsp3) is 0.0500. The highest BCUT2D eigenvalue weighted by Crippen LogP contribution is 2.24. The van der Waals surface area contributed by atoms with Crippen molar-refractivity contribution < 1.29 is 13.6 Å². The average Bonchev–Trinajstić information content (AvgIpc) is 3.11. The number of nitrogens with one attached hydrogen (secondary N) is 1. The van der Waals surface area contributed by atoms with Gasteiger partial charge in [-0.25, -0.2) is 9.37 Å². The van der Waals surface area contributed by atoms with Crippen LogP contribution in [0.3, 0.4) is 0 Å². The van der Waals surface area contributed by atoms with Crippen LogP contribution in [-0.4, -0.2) is 15.9 Å². The van der Waals surface area contributed by atoms with E-state index in [4.69, 9.17) is 4.42 Å². The molecular formula is C20H14FN3O2. The summed E-state index contributed by atoms with van der Waals surface area (Å²) >= 11 is 0. The van der Waals surface area contributed by atoms with Crippen LogP contribution in [0.1, 0.15) is 15.9 Å². The molecule has 0 radical (unpaired) electrons. The topological polar surface area (TPSA) is 68.0 Å². The van der Waals surface area contributed by atoms with E-state index in [0.29, 0.717) is 29.1 Å². The van der Waals surface area contributed by atoms with Gasteiger partial charge in [-0.05, 0) is 48.0 Å². The van der Waals surface area contributed by atoms with Crippen molar-refractivity contribution in [3.05, 3.63) is 83.9 Å². The molecule has 0 unspecified atom stereocenters. The van der Waals surface area contributed by atoms with E-state index in [-0.39, 0.29) is 11.7 Å². The highest BCUT2D eigenvalue weighted by atomic mass is 19.1. The number of hydrogen-bond donors (Lipinski definition) is 1. The molecule has 1 N–H and O–H groups in total. The number of rotatable bonds is 4. The number of carbonyl (C=O) groups excluding carboxylic acids is 1. The Labute approximate surface area is 148 Å². The number of benzene rings is 2. The summed E-state index contributed by atoms with van der Waals surface area (Å²) in [5.74, 6) is -0.0832. The summed E-state index contributed by atoms with van der Waals surface area (Å²) in [4.78, 5) is 20.8. The fourth-order valence-corrected chi connectivity index (χ4v) is 2.57. The molecule has 4 aromatic rings. The van der Waals surface area contributed by atoms with E-state index in [0.717, 1.165) is 11.1 Å². The highest BCUT2D eigenvalue weighted by molar-refractivity contribution is 5.97. The van der Waals surface area contributed by atoms with Gasteiger partial charge < -0.3 is 9.73 Å². The number of nitrogens with zero attached hydrogens (tertiary/aromatic N) is 2. The third kappa shape index (κ3) is 3.30. The van der Waals surface area contributed by atoms with Crippen molar-refractivity contribution in [2.75, 3.05) is 0 Å². The Hall–Kier alpha value is -3.54. The maximum Gasteiger partial charge on any atom is 0.251 e. The minimum Gasteiger partial charge on any atom is -0.436 e. The summed E-state index contributed by atoms with van der Waals surface area (Å²) in [5.41, 5.74) is 3.26. The number of carbonyl (C=O) groups is 1. The molecule has 0 aliphatic carbocycles. The van der Waals surface area contributed by atoms with Crippen LogP contribution in [-0.2, 0) is 6.54 Å². The van der Waals surface area contributed by atoms with E-state index in [9.17, 15) is 9.18 Å². The van der Waals surface area contributed by atoms with Crippen LogP contribution in [0.15, 0.2) is 71.4 Å². The quantitative estimate of drug-likeness (QED) is 0.607. The van der Waals surface area contributed by atoms with Gasteiger partial charge in [0, 0.05) is 24.5 Å². The molecule has 2 aromatic heterocycles. The van der Waals surface area contributed by atoms with Gasteiger partial charge >= 0.3 is 0 Å². The van der Waals surface area contributed by atoms with Gasteiger partial charge in [0.25, 0.3) is 5.91 Å². The predicted molar refractivity (Wildman–Crippen MR) is 94.8 cm³/mol. The number of halogens is 1. The van der Waals surface area contributed by atoms with Crippen molar-refractivity contribution >= 4 is 17.0 Å². The lowest BCUT2D eigenvalue weighted by Gasteiger charge is -2.05. The maximum absolute atomic E-state index is 12.9. The summed E-state index contributed by atoms with van der Waals surface area (Å²) in [6.07, 6.45) is 3.34. The SMILES string of the molecule is O=C(NCc1ccc(F)cc1)c1ccc2oc(-c3cccnc3)nc2c1. The molecule has 2 aromatic carbocycles. The third-order valence-electron chi connectivity index (χ3n) is 3.92. The molecule has 0 aliphatic heterocycles. The second kappa shape index (κ2) is 6.76. The first-order chi connectivity index (χ1) is 12.7. The van der Waals surface area contributed by atoms with E-state index in [1.54, 1.807) is 48.8 Å². The molecule has 0 saturated heterocycles. The summed E-state index contributed by atoms with van der Waals surface area (Å²) in [6, 6.07) is 14.7. The van der Waals surface area contributed by atoms with Crippen molar-refractivity contribution in [2.24, 2.45) is 0 Å². The van der Waals surface area contributed by atoms with E-state index in [1.807, 2.05) is 6.07 Å². The monoisotopic (exact) mass is 347 g/mol. The fourth-order valence-electron chi connectivity index (χ4n) is 2.57. The minimum absolute atomic E-state index is 0.234. The second-order valence-electron chi connectivity index (χ2n) is 5.75. The Morgan fingerprint density at radius 1 is 1.12 bits per heavy atom. The summed E-state index contributed by atoms with van der Waals surface area (Å²) in [7, 11) is 0. The molecular weight excluding hydrogens is 333 g/mol. The lowest BCUT2D eigenvalue weighted by Crippen LogP contribution is -2.22. The molecule has 0 saturated carbocycles. The van der Waals surface area contributed by atoms with Crippen molar-refractivity contribution in [1.82, 2.24) is 15.3 Å². The van der Waals surface area contributed by atoms with Crippen molar-refractivity contribution in [3.8, 4) is 11.5 Å². The number of hydrogen-bond acceptors (Lipinski definition) is 4. The summed E-state index contributed by atoms with van der Waals surface area (Å²) < 4.78 is 18.6. The van der Waals surface area contributed by atoms with Crippen LogP contribution in [0.4, 0.5) is 4.39 Å². The minimum atomic E-state index is -0.305. The standard InChI is InChI=1S/C20H14FN3O2/c21-16-6-3-13(4-7-16)11-23-19(25)14-5-8-18-17(10-14)24-20(26-18)15-2-1-9-22-12-15/h1-10,12H,11H2,(H,23,25). The zero-order valence-corrected chi connectivity index (χ0v) is 13.6. The molecule has 6 heteroatoms. The van der Waals surface area contributed by atoms with Crippen molar-refractivity contribution in [2.45, 2.75) is 6.54 Å². The molecule has 2 heterocycles. The number of oxazole rings is 1. The maximum atomic E-state index is 12.9. The molecule has 128 valence electrons. The number of aromatic nitrogens is 2. The van der Waals surface area contributed by atoms with Crippen LogP contribution in [0.25, 0.3) is 22.6 Å². The molecule has 0 atom stereocenters. The van der Waals surface area contributed by atoms with Crippen LogP contribution in [0.2, 0.25) is 0 Å². The molecule has 26 heavy (non-hydrogen) atoms.